The Hall–Kier alpha value is -0.550. The van der Waals surface area contributed by atoms with Crippen molar-refractivity contribution in [1.29, 1.82) is 0 Å². The van der Waals surface area contributed by atoms with Gasteiger partial charge in [0.1, 0.15) is 0 Å². The maximum atomic E-state index is 12.4. The van der Waals surface area contributed by atoms with E-state index in [1.165, 1.54) is 6.92 Å². The first kappa shape index (κ1) is 12.5. The third kappa shape index (κ3) is 2.72. The lowest BCUT2D eigenvalue weighted by molar-refractivity contribution is -0.137. The van der Waals surface area contributed by atoms with Crippen LogP contribution >= 0.6 is 27.5 Å². The first-order valence-corrected chi connectivity index (χ1v) is 4.97. The van der Waals surface area contributed by atoms with Gasteiger partial charge in [-0.25, -0.2) is 0 Å². The molecule has 0 atom stereocenters. The van der Waals surface area contributed by atoms with Crippen molar-refractivity contribution >= 4 is 33.3 Å². The van der Waals surface area contributed by atoms with E-state index in [4.69, 9.17) is 11.6 Å². The lowest BCUT2D eigenvalue weighted by atomic mass is 10.1. The maximum Gasteiger partial charge on any atom is 0.417 e. The van der Waals surface area contributed by atoms with Crippen LogP contribution in [0.15, 0.2) is 16.6 Å². The number of Topliss-reactive ketones (excluding diaryl/α,β-unsaturated/α-hetero) is 1. The summed E-state index contributed by atoms with van der Waals surface area (Å²) in [4.78, 5) is 11.0. The van der Waals surface area contributed by atoms with E-state index >= 15 is 0 Å². The monoisotopic (exact) mass is 300 g/mol. The van der Waals surface area contributed by atoms with Gasteiger partial charge in [0.05, 0.1) is 10.6 Å². The highest BCUT2D eigenvalue weighted by molar-refractivity contribution is 9.10. The molecule has 1 aromatic carbocycles. The Morgan fingerprint density at radius 1 is 1.40 bits per heavy atom. The predicted octanol–water partition coefficient (Wildman–Crippen LogP) is 4.32. The zero-order chi connectivity index (χ0) is 11.8. The summed E-state index contributed by atoms with van der Waals surface area (Å²) in [6.45, 7) is 1.19. The molecule has 6 heteroatoms. The molecule has 0 amide bonds. The molecular formula is C9H5BrClF3O. The van der Waals surface area contributed by atoms with Crippen molar-refractivity contribution in [3.63, 3.8) is 0 Å². The fourth-order valence-electron chi connectivity index (χ4n) is 1.04. The van der Waals surface area contributed by atoms with Crippen molar-refractivity contribution in [2.45, 2.75) is 13.1 Å². The molecule has 0 aliphatic heterocycles. The summed E-state index contributed by atoms with van der Waals surface area (Å²) >= 11 is 8.41. The molecule has 0 spiro atoms. The van der Waals surface area contributed by atoms with Gasteiger partial charge in [0, 0.05) is 10.0 Å². The molecule has 1 aromatic rings. The molecule has 0 bridgehead atoms. The lowest BCUT2D eigenvalue weighted by Gasteiger charge is -2.11. The SMILES string of the molecule is CC(=O)c1cc(C(F)(F)F)c(Cl)cc1Br. The van der Waals surface area contributed by atoms with Crippen LogP contribution in [0.3, 0.4) is 0 Å². The summed E-state index contributed by atoms with van der Waals surface area (Å²) in [7, 11) is 0. The standard InChI is InChI=1S/C9H5BrClF3O/c1-4(15)5-2-6(9(12,13)14)8(11)3-7(5)10/h2-3H,1H3. The van der Waals surface area contributed by atoms with Gasteiger partial charge in [-0.15, -0.1) is 0 Å². The minimum atomic E-state index is -4.55. The number of carbonyl (C=O) groups is 1. The number of carbonyl (C=O) groups excluding carboxylic acids is 1. The van der Waals surface area contributed by atoms with Crippen molar-refractivity contribution in [2.24, 2.45) is 0 Å². The van der Waals surface area contributed by atoms with Gasteiger partial charge in [0.15, 0.2) is 5.78 Å². The van der Waals surface area contributed by atoms with Crippen molar-refractivity contribution in [2.75, 3.05) is 0 Å². The van der Waals surface area contributed by atoms with Crippen LogP contribution in [0.5, 0.6) is 0 Å². The van der Waals surface area contributed by atoms with E-state index in [-0.39, 0.29) is 10.0 Å². The number of benzene rings is 1. The van der Waals surface area contributed by atoms with E-state index in [0.29, 0.717) is 0 Å². The highest BCUT2D eigenvalue weighted by Gasteiger charge is 2.34. The smallest absolute Gasteiger partial charge is 0.294 e. The molecule has 82 valence electrons. The molecule has 1 rings (SSSR count). The third-order valence-electron chi connectivity index (χ3n) is 1.74. The van der Waals surface area contributed by atoms with Crippen molar-refractivity contribution in [1.82, 2.24) is 0 Å². The van der Waals surface area contributed by atoms with Gasteiger partial charge in [-0.1, -0.05) is 11.6 Å². The Kier molecular flexibility index (Phi) is 3.45. The second-order valence-corrected chi connectivity index (χ2v) is 4.13. The molecule has 1 nitrogen and oxygen atoms in total. The maximum absolute atomic E-state index is 12.4. The minimum Gasteiger partial charge on any atom is -0.294 e. The summed E-state index contributed by atoms with van der Waals surface area (Å²) in [5.74, 6) is -0.455. The van der Waals surface area contributed by atoms with E-state index in [1.54, 1.807) is 0 Å². The van der Waals surface area contributed by atoms with E-state index in [2.05, 4.69) is 15.9 Å². The summed E-state index contributed by atoms with van der Waals surface area (Å²) < 4.78 is 37.5. The van der Waals surface area contributed by atoms with Gasteiger partial charge in [-0.05, 0) is 35.0 Å². The van der Waals surface area contributed by atoms with Crippen LogP contribution in [0.25, 0.3) is 0 Å². The van der Waals surface area contributed by atoms with Crippen LogP contribution in [0.2, 0.25) is 5.02 Å². The fourth-order valence-corrected chi connectivity index (χ4v) is 2.06. The normalized spacial score (nSPS) is 11.6. The predicted molar refractivity (Wildman–Crippen MR) is 54.2 cm³/mol. The average molecular weight is 301 g/mol. The molecule has 15 heavy (non-hydrogen) atoms. The molecule has 0 aliphatic rings. The summed E-state index contributed by atoms with van der Waals surface area (Å²) in [6.07, 6.45) is -4.55. The molecule has 0 fully saturated rings. The molecule has 0 N–H and O–H groups in total. The topological polar surface area (TPSA) is 17.1 Å². The van der Waals surface area contributed by atoms with E-state index < -0.39 is 22.5 Å². The van der Waals surface area contributed by atoms with Crippen LogP contribution < -0.4 is 0 Å². The number of rotatable bonds is 1. The largest absolute Gasteiger partial charge is 0.417 e. The van der Waals surface area contributed by atoms with E-state index in [1.807, 2.05) is 0 Å². The van der Waals surface area contributed by atoms with Gasteiger partial charge in [0.25, 0.3) is 0 Å². The molecule has 0 unspecified atom stereocenters. The van der Waals surface area contributed by atoms with Gasteiger partial charge in [-0.3, -0.25) is 4.79 Å². The fraction of sp³-hybridized carbons (Fsp3) is 0.222. The quantitative estimate of drug-likeness (QED) is 0.706. The van der Waals surface area contributed by atoms with Crippen molar-refractivity contribution < 1.29 is 18.0 Å². The van der Waals surface area contributed by atoms with Crippen LogP contribution in [-0.2, 0) is 6.18 Å². The molecule has 0 aromatic heterocycles. The minimum absolute atomic E-state index is 0.0354. The summed E-state index contributed by atoms with van der Waals surface area (Å²) in [5, 5.41) is -0.431. The molecule has 0 saturated heterocycles. The highest BCUT2D eigenvalue weighted by atomic mass is 79.9. The Morgan fingerprint density at radius 2 is 1.93 bits per heavy atom. The van der Waals surface area contributed by atoms with Crippen LogP contribution in [0.1, 0.15) is 22.8 Å². The number of hydrogen-bond acceptors (Lipinski definition) is 1. The Morgan fingerprint density at radius 3 is 2.33 bits per heavy atom. The van der Waals surface area contributed by atoms with Crippen molar-refractivity contribution in [3.8, 4) is 0 Å². The second-order valence-electron chi connectivity index (χ2n) is 2.87. The highest BCUT2D eigenvalue weighted by Crippen LogP contribution is 2.37. The van der Waals surface area contributed by atoms with Crippen molar-refractivity contribution in [3.05, 3.63) is 32.8 Å². The summed E-state index contributed by atoms with van der Waals surface area (Å²) in [6, 6.07) is 1.82. The van der Waals surface area contributed by atoms with Crippen LogP contribution in [0, 0.1) is 0 Å². The van der Waals surface area contributed by atoms with Gasteiger partial charge < -0.3 is 0 Å². The number of hydrogen-bond donors (Lipinski definition) is 0. The number of halogens is 5. The lowest BCUT2D eigenvalue weighted by Crippen LogP contribution is -2.08. The average Bonchev–Trinajstić information content (AvgIpc) is 2.00. The number of ketones is 1. The third-order valence-corrected chi connectivity index (χ3v) is 2.71. The Balaban J connectivity index is 3.43. The molecule has 0 aliphatic carbocycles. The molecular weight excluding hydrogens is 296 g/mol. The van der Waals surface area contributed by atoms with Gasteiger partial charge in [0.2, 0.25) is 0 Å². The Labute approximate surface area is 97.4 Å². The van der Waals surface area contributed by atoms with Gasteiger partial charge in [-0.2, -0.15) is 13.2 Å². The zero-order valence-electron chi connectivity index (χ0n) is 7.45. The number of alkyl halides is 3. The Bertz CT molecular complexity index is 415. The van der Waals surface area contributed by atoms with E-state index in [0.717, 1.165) is 12.1 Å². The van der Waals surface area contributed by atoms with Crippen LogP contribution in [-0.4, -0.2) is 5.78 Å². The first-order valence-electron chi connectivity index (χ1n) is 3.80. The molecule has 0 radical (unpaired) electrons. The van der Waals surface area contributed by atoms with Gasteiger partial charge >= 0.3 is 6.18 Å². The molecule has 0 heterocycles. The first-order chi connectivity index (χ1) is 6.73. The van der Waals surface area contributed by atoms with E-state index in [9.17, 15) is 18.0 Å². The zero-order valence-corrected chi connectivity index (χ0v) is 9.79. The van der Waals surface area contributed by atoms with Crippen LogP contribution in [0.4, 0.5) is 13.2 Å². The summed E-state index contributed by atoms with van der Waals surface area (Å²) in [5.41, 5.74) is -1.04. The molecule has 0 saturated carbocycles. The second kappa shape index (κ2) is 4.14.